The molecular weight excluding hydrogens is 360 g/mol. The average molecular weight is 377 g/mol. The lowest BCUT2D eigenvalue weighted by Gasteiger charge is -2.29. The van der Waals surface area contributed by atoms with Gasteiger partial charge in [0.1, 0.15) is 4.83 Å². The fourth-order valence-electron chi connectivity index (χ4n) is 3.14. The second-order valence-electron chi connectivity index (χ2n) is 6.61. The molecule has 0 spiro atoms. The Kier molecular flexibility index (Phi) is 3.84. The lowest BCUT2D eigenvalue weighted by atomic mass is 9.94. The minimum Gasteiger partial charge on any atom is -0.370 e. The van der Waals surface area contributed by atoms with Gasteiger partial charge in [-0.15, -0.1) is 11.3 Å². The van der Waals surface area contributed by atoms with Crippen molar-refractivity contribution in [2.75, 3.05) is 5.43 Å². The normalized spacial score (nSPS) is 16.0. The first-order chi connectivity index (χ1) is 11.9. The Balaban J connectivity index is 2.04. The van der Waals surface area contributed by atoms with Crippen LogP contribution in [0.1, 0.15) is 24.3 Å². The summed E-state index contributed by atoms with van der Waals surface area (Å²) in [5.74, 6) is 5.90. The molecule has 1 aliphatic heterocycles. The van der Waals surface area contributed by atoms with E-state index in [2.05, 4.69) is 10.4 Å². The van der Waals surface area contributed by atoms with Gasteiger partial charge in [-0.1, -0.05) is 17.7 Å². The van der Waals surface area contributed by atoms with E-state index in [1.807, 2.05) is 13.8 Å². The van der Waals surface area contributed by atoms with Crippen LogP contribution in [0.5, 0.6) is 0 Å². The summed E-state index contributed by atoms with van der Waals surface area (Å²) in [5.41, 5.74) is 3.70. The number of hydrogen-bond acceptors (Lipinski definition) is 6. The fraction of sp³-hybridized carbons (Fsp3) is 0.294. The number of hydrazine groups is 1. The largest absolute Gasteiger partial charge is 0.370 e. The number of rotatable bonds is 2. The van der Waals surface area contributed by atoms with Crippen LogP contribution in [-0.4, -0.2) is 15.2 Å². The van der Waals surface area contributed by atoms with Gasteiger partial charge in [0.2, 0.25) is 5.95 Å². The van der Waals surface area contributed by atoms with Crippen molar-refractivity contribution in [1.82, 2.24) is 9.55 Å². The van der Waals surface area contributed by atoms with Crippen molar-refractivity contribution in [3.05, 3.63) is 50.1 Å². The molecule has 0 fully saturated rings. The van der Waals surface area contributed by atoms with Crippen LogP contribution in [0.2, 0.25) is 5.02 Å². The van der Waals surface area contributed by atoms with Crippen molar-refractivity contribution >= 4 is 39.1 Å². The first-order valence-corrected chi connectivity index (χ1v) is 9.03. The predicted octanol–water partition coefficient (Wildman–Crippen LogP) is 3.24. The van der Waals surface area contributed by atoms with Crippen LogP contribution in [0.15, 0.2) is 29.1 Å². The van der Waals surface area contributed by atoms with Gasteiger partial charge in [0.05, 0.1) is 23.3 Å². The monoisotopic (exact) mass is 376 g/mol. The van der Waals surface area contributed by atoms with Gasteiger partial charge < -0.3 is 4.74 Å². The Morgan fingerprint density at radius 1 is 1.44 bits per heavy atom. The number of hydrogen-bond donors (Lipinski definition) is 2. The number of anilines is 1. The third-order valence-electron chi connectivity index (χ3n) is 4.30. The number of thiophene rings is 1. The van der Waals surface area contributed by atoms with E-state index in [9.17, 15) is 4.79 Å². The maximum atomic E-state index is 13.3. The van der Waals surface area contributed by atoms with Gasteiger partial charge in [-0.05, 0) is 37.6 Å². The smallest absolute Gasteiger partial charge is 0.268 e. The molecule has 0 saturated carbocycles. The second kappa shape index (κ2) is 5.81. The molecule has 0 radical (unpaired) electrons. The second-order valence-corrected chi connectivity index (χ2v) is 8.13. The highest BCUT2D eigenvalue weighted by Gasteiger charge is 2.31. The van der Waals surface area contributed by atoms with E-state index < -0.39 is 0 Å². The molecule has 0 amide bonds. The zero-order chi connectivity index (χ0) is 17.8. The number of benzene rings is 1. The summed E-state index contributed by atoms with van der Waals surface area (Å²) < 4.78 is 7.33. The summed E-state index contributed by atoms with van der Waals surface area (Å²) in [4.78, 5) is 19.6. The Labute approximate surface area is 153 Å². The first kappa shape index (κ1) is 16.5. The molecular formula is C17H17ClN4O2S. The predicted molar refractivity (Wildman–Crippen MR) is 101 cm³/mol. The van der Waals surface area contributed by atoms with E-state index in [-0.39, 0.29) is 17.1 Å². The van der Waals surface area contributed by atoms with Gasteiger partial charge in [0.15, 0.2) is 0 Å². The van der Waals surface area contributed by atoms with Gasteiger partial charge in [0, 0.05) is 16.3 Å². The van der Waals surface area contributed by atoms with Crippen molar-refractivity contribution in [1.29, 1.82) is 0 Å². The van der Waals surface area contributed by atoms with Crippen LogP contribution >= 0.6 is 22.9 Å². The lowest BCUT2D eigenvalue weighted by molar-refractivity contribution is -0.0379. The molecule has 0 saturated heterocycles. The molecule has 1 aliphatic rings. The maximum Gasteiger partial charge on any atom is 0.268 e. The van der Waals surface area contributed by atoms with Gasteiger partial charge in [-0.25, -0.2) is 15.4 Å². The summed E-state index contributed by atoms with van der Waals surface area (Å²) in [5, 5.41) is 1.17. The third-order valence-corrected chi connectivity index (χ3v) is 5.63. The van der Waals surface area contributed by atoms with E-state index in [1.165, 1.54) is 15.9 Å². The molecule has 0 aliphatic carbocycles. The van der Waals surface area contributed by atoms with Crippen molar-refractivity contribution in [3.63, 3.8) is 0 Å². The summed E-state index contributed by atoms with van der Waals surface area (Å²) >= 11 is 7.57. The van der Waals surface area contributed by atoms with Crippen molar-refractivity contribution in [2.24, 2.45) is 5.84 Å². The zero-order valence-corrected chi connectivity index (χ0v) is 15.4. The molecule has 0 unspecified atom stereocenters. The van der Waals surface area contributed by atoms with Crippen molar-refractivity contribution in [3.8, 4) is 5.69 Å². The molecule has 2 aromatic heterocycles. The number of nitrogens with one attached hydrogen (secondary N) is 1. The average Bonchev–Trinajstić information content (AvgIpc) is 2.91. The number of ether oxygens (including phenoxy) is 1. The van der Waals surface area contributed by atoms with Gasteiger partial charge in [0.25, 0.3) is 5.56 Å². The first-order valence-electron chi connectivity index (χ1n) is 7.83. The van der Waals surface area contributed by atoms with E-state index in [0.717, 1.165) is 10.4 Å². The SMILES string of the molecule is CC1(C)Cc2c(sc3nc(NN)n(-c4cccc(Cl)c4)c(=O)c23)CO1. The van der Waals surface area contributed by atoms with Crippen LogP contribution in [-0.2, 0) is 17.8 Å². The summed E-state index contributed by atoms with van der Waals surface area (Å²) in [7, 11) is 0. The van der Waals surface area contributed by atoms with Crippen molar-refractivity contribution in [2.45, 2.75) is 32.5 Å². The topological polar surface area (TPSA) is 82.2 Å². The molecule has 3 heterocycles. The number of aromatic nitrogens is 2. The van der Waals surface area contributed by atoms with E-state index >= 15 is 0 Å². The molecule has 6 nitrogen and oxygen atoms in total. The highest BCUT2D eigenvalue weighted by molar-refractivity contribution is 7.18. The highest BCUT2D eigenvalue weighted by atomic mass is 35.5. The standard InChI is InChI=1S/C17H17ClN4O2S/c1-17(2)7-11-12(8-24-17)25-14-13(11)15(23)22(16(20-14)21-19)10-5-3-4-9(18)6-10/h3-6H,7-8,19H2,1-2H3,(H,20,21). The van der Waals surface area contributed by atoms with Gasteiger partial charge in [-0.2, -0.15) is 0 Å². The summed E-state index contributed by atoms with van der Waals surface area (Å²) in [6.07, 6.45) is 0.671. The molecule has 25 heavy (non-hydrogen) atoms. The molecule has 1 aromatic carbocycles. The minimum absolute atomic E-state index is 0.157. The maximum absolute atomic E-state index is 13.3. The number of nitrogens with zero attached hydrogens (tertiary/aromatic N) is 2. The molecule has 0 atom stereocenters. The number of nitrogen functional groups attached to an aromatic ring is 1. The summed E-state index contributed by atoms with van der Waals surface area (Å²) in [6, 6.07) is 7.05. The van der Waals surface area contributed by atoms with E-state index in [1.54, 1.807) is 24.3 Å². The highest BCUT2D eigenvalue weighted by Crippen LogP contribution is 2.37. The van der Waals surface area contributed by atoms with E-state index in [0.29, 0.717) is 34.0 Å². The van der Waals surface area contributed by atoms with E-state index in [4.69, 9.17) is 22.2 Å². The molecule has 3 N–H and O–H groups in total. The third kappa shape index (κ3) is 2.73. The fourth-order valence-corrected chi connectivity index (χ4v) is 4.42. The van der Waals surface area contributed by atoms with Crippen LogP contribution in [0, 0.1) is 0 Å². The molecule has 130 valence electrons. The zero-order valence-electron chi connectivity index (χ0n) is 13.8. The Morgan fingerprint density at radius 3 is 2.96 bits per heavy atom. The molecule has 0 bridgehead atoms. The van der Waals surface area contributed by atoms with Crippen LogP contribution in [0.25, 0.3) is 15.9 Å². The van der Waals surface area contributed by atoms with Crippen LogP contribution in [0.4, 0.5) is 5.95 Å². The molecule has 8 heteroatoms. The van der Waals surface area contributed by atoms with Crippen LogP contribution < -0.4 is 16.8 Å². The Morgan fingerprint density at radius 2 is 2.24 bits per heavy atom. The van der Waals surface area contributed by atoms with Crippen molar-refractivity contribution < 1.29 is 4.74 Å². The van der Waals surface area contributed by atoms with Gasteiger partial charge >= 0.3 is 0 Å². The number of fused-ring (bicyclic) bond motifs is 3. The quantitative estimate of drug-likeness (QED) is 0.530. The number of halogens is 1. The minimum atomic E-state index is -0.306. The summed E-state index contributed by atoms with van der Waals surface area (Å²) in [6.45, 7) is 4.54. The molecule has 4 rings (SSSR count). The van der Waals surface area contributed by atoms with Gasteiger partial charge in [-0.3, -0.25) is 10.2 Å². The number of nitrogens with two attached hydrogens (primary N) is 1. The van der Waals surface area contributed by atoms with Crippen LogP contribution in [0.3, 0.4) is 0 Å². The Hall–Kier alpha value is -1.93. The Bertz CT molecular complexity index is 1040. The lowest BCUT2D eigenvalue weighted by Crippen LogP contribution is -2.32. The molecule has 3 aromatic rings.